The van der Waals surface area contributed by atoms with Gasteiger partial charge in [0, 0.05) is 126 Å². The average Bonchev–Trinajstić information content (AvgIpc) is 1.52. The molecule has 10 aliphatic rings. The molecule has 0 radical (unpaired) electrons. The van der Waals surface area contributed by atoms with E-state index < -0.39 is 10.8 Å². The van der Waals surface area contributed by atoms with E-state index in [0.29, 0.717) is 55.6 Å². The van der Waals surface area contributed by atoms with Crippen LogP contribution in [0, 0.1) is 6.07 Å². The minimum absolute atomic E-state index is 0. The molecule has 14 heteroatoms. The molecule has 32 rings (SSSR count). The maximum absolute atomic E-state index is 13.2. The molecule has 2 spiro atoms. The number of carbonyl (C=O) groups is 6. The van der Waals surface area contributed by atoms with Gasteiger partial charge >= 0.3 is 23.1 Å². The molecule has 690 valence electrons. The maximum Gasteiger partial charge on any atom is 2.00 e. The number of fused-ring (bicyclic) bond motifs is 30. The molecule has 22 aromatic carbocycles. The monoisotopic (exact) mass is 2340 g/mol. The Labute approximate surface area is 923 Å². The molecule has 0 aromatic heterocycles. The van der Waals surface area contributed by atoms with E-state index in [1.807, 2.05) is 170 Å². The van der Waals surface area contributed by atoms with Gasteiger partial charge in [-0.25, -0.2) is 0 Å². The summed E-state index contributed by atoms with van der Waals surface area (Å²) in [4.78, 5) is 79.1. The molecule has 0 amide bonds. The summed E-state index contributed by atoms with van der Waals surface area (Å²) in [5, 5.41) is 8.10. The second-order valence-electron chi connectivity index (χ2n) is 37.8. The second kappa shape index (κ2) is 35.7. The maximum atomic E-state index is 13.2. The Kier molecular flexibility index (Phi) is 22.8. The van der Waals surface area contributed by atoms with Crippen molar-refractivity contribution in [1.29, 1.82) is 0 Å². The normalized spacial score (nSPS) is 13.5. The van der Waals surface area contributed by atoms with Gasteiger partial charge in [-0.3, -0.25) is 28.8 Å². The van der Waals surface area contributed by atoms with Crippen molar-refractivity contribution in [2.75, 3.05) is 0 Å². The van der Waals surface area contributed by atoms with E-state index in [2.05, 4.69) is 314 Å². The topological polar surface area (TPSA) is 102 Å². The molecule has 0 atom stereocenters. The van der Waals surface area contributed by atoms with Crippen LogP contribution in [0.1, 0.15) is 147 Å². The van der Waals surface area contributed by atoms with Gasteiger partial charge in [0.05, 0.1) is 10.8 Å². The van der Waals surface area contributed by atoms with Crippen LogP contribution in [0.3, 0.4) is 0 Å². The predicted octanol–water partition coefficient (Wildman–Crippen LogP) is 32.3. The van der Waals surface area contributed by atoms with Crippen molar-refractivity contribution < 1.29 is 45.7 Å². The Balaban J connectivity index is 0.000000101. The number of hydrogen-bond donors (Lipinski definition) is 0. The number of hydrogen-bond acceptors (Lipinski definition) is 6. The van der Waals surface area contributed by atoms with Crippen LogP contribution in [0.2, 0.25) is 0 Å². The Bertz CT molecular complexity index is 8900. The van der Waals surface area contributed by atoms with Gasteiger partial charge in [-0.2, -0.15) is 0 Å². The summed E-state index contributed by atoms with van der Waals surface area (Å²) in [7, 11) is 0. The zero-order valence-electron chi connectivity index (χ0n) is 77.0. The summed E-state index contributed by atoms with van der Waals surface area (Å²) in [5.74, 6) is 0.0671. The molecule has 0 saturated carbocycles. The number of benzene rings is 22. The van der Waals surface area contributed by atoms with Crippen molar-refractivity contribution in [3.8, 4) is 122 Å². The molecule has 10 aliphatic carbocycles. The summed E-state index contributed by atoms with van der Waals surface area (Å²) in [6.45, 7) is 0. The zero-order valence-corrected chi connectivity index (χ0v) is 89.5. The Morgan fingerprint density at radius 2 is 0.367 bits per heavy atom. The van der Waals surface area contributed by atoms with Crippen molar-refractivity contribution in [2.24, 2.45) is 0 Å². The molecule has 0 bridgehead atoms. The van der Waals surface area contributed by atoms with Gasteiger partial charge in [-0.1, -0.05) is 382 Å². The van der Waals surface area contributed by atoms with Crippen molar-refractivity contribution in [1.82, 2.24) is 0 Å². The molecule has 0 heterocycles. The van der Waals surface area contributed by atoms with E-state index >= 15 is 0 Å². The van der Waals surface area contributed by atoms with Crippen LogP contribution in [-0.4, -0.2) is 57.8 Å². The minimum atomic E-state index is -0.463. The van der Waals surface area contributed by atoms with Gasteiger partial charge in [0.25, 0.3) is 0 Å². The van der Waals surface area contributed by atoms with E-state index in [0.717, 1.165) is 143 Å². The molecule has 0 saturated heterocycles. The first-order valence-corrected chi connectivity index (χ1v) is 52.3. The van der Waals surface area contributed by atoms with Crippen LogP contribution in [0.4, 0.5) is 0 Å². The summed E-state index contributed by atoms with van der Waals surface area (Å²) in [6.07, 6.45) is 0. The first-order valence-electron chi connectivity index (χ1n) is 47.5. The second-order valence-corrected chi connectivity index (χ2v) is 43.3. The van der Waals surface area contributed by atoms with Crippen LogP contribution in [0.15, 0.2) is 433 Å². The third kappa shape index (κ3) is 13.5. The SMILES string of the molecule is Brc1ccc2c(c1)C1(c3ccccc3-c3ccccc31)c1ccc3c4c(ccc-2c14)-c1ccc(Br)cc1C31c2ccccc2-c2ccccc21.C.O=C1c2cc(Br)ccc2-c2ccc3c4c(ccc1c24)C(=O)c1cc(Br)ccc1-3.O=C1c2cc(Br)ccc2-c2ccc3c4c(ccc1c24)C(=O)c1cc(Br)ccc1-3.O=C1c2ccccc2-c2ccc3c4c(ccc1c24)C(=O)c1ccccc1-3.[Br-].[Mg+2].[c-]1ccccc1-c1ccccc1. The molecule has 147 heavy (non-hydrogen) atoms. The van der Waals surface area contributed by atoms with Crippen molar-refractivity contribution >= 4 is 196 Å². The van der Waals surface area contributed by atoms with Crippen LogP contribution in [0.25, 0.3) is 165 Å². The standard InChI is InChI=1S/C48H26Br2.2C24H10Br2O2.C24H12O2.C12H9.CH4.BrH.Mg/c49-27-17-19-33-35-21-22-36-34-20-18-28(50)26-44(34)48(39-15-7-3-11-31(39)32-12-4-8-16-40(32)48)42-24-23-41(45(35)46(36)42)47(43(33)25-27)37-13-5-1-9-29(37)30-10-2-6-14-38(30)47;2*25-11-1-3-13-15-5-6-16-14-4-2-12(26)10-20(14)24(28)18-8-7-17(21(15)22(16)18)23(27)19(13)9-11;25-23-17-7-3-1-5-13(17)15-9-10-16-14-6-2-4-8-18(14)24(26)20-12-11-19(23)21(15)22(16)20;1-3-7-11(8-4-1)12-9-5-2-6-10-12;;;/h1-26H;2*1-10H;1-12H;1-9H;1H4;1H;/q;;;;-1;;;+2/p-1. The van der Waals surface area contributed by atoms with E-state index in [1.54, 1.807) is 24.3 Å². The van der Waals surface area contributed by atoms with Gasteiger partial charge in [0.2, 0.25) is 0 Å². The Hall–Kier alpha value is -14.0. The fraction of sp³-hybridized carbons (Fsp3) is 0.0226. The number of ketones is 6. The fourth-order valence-corrected chi connectivity index (χ4v) is 27.4. The number of rotatable bonds is 1. The minimum Gasteiger partial charge on any atom is -1.00 e. The number of halogens is 7. The van der Waals surface area contributed by atoms with E-state index in [4.69, 9.17) is 0 Å². The van der Waals surface area contributed by atoms with Crippen molar-refractivity contribution in [2.45, 2.75) is 18.3 Å². The molecule has 0 N–H and O–H groups in total. The molecular formula is C133H71Br7MgO6. The van der Waals surface area contributed by atoms with E-state index in [1.165, 1.54) is 105 Å². The van der Waals surface area contributed by atoms with Crippen molar-refractivity contribution in [3.05, 3.63) is 551 Å². The number of carbonyl (C=O) groups excluding carboxylic acids is 6. The first kappa shape index (κ1) is 94.0. The molecule has 6 nitrogen and oxygen atoms in total. The smallest absolute Gasteiger partial charge is 1.00 e. The van der Waals surface area contributed by atoms with Gasteiger partial charge in [-0.15, -0.1) is 35.9 Å². The quantitative estimate of drug-likeness (QED) is 0.120. The van der Waals surface area contributed by atoms with Crippen LogP contribution in [0.5, 0.6) is 0 Å². The van der Waals surface area contributed by atoms with Gasteiger partial charge in [-0.05, 0) is 276 Å². The molecule has 0 fully saturated rings. The zero-order chi connectivity index (χ0) is 96.9. The van der Waals surface area contributed by atoms with Crippen molar-refractivity contribution in [3.63, 3.8) is 0 Å². The van der Waals surface area contributed by atoms with Gasteiger partial charge in [0.15, 0.2) is 34.7 Å². The first-order chi connectivity index (χ1) is 70.4. The summed E-state index contributed by atoms with van der Waals surface area (Å²) in [5.41, 5.74) is 42.7. The summed E-state index contributed by atoms with van der Waals surface area (Å²) in [6, 6.07) is 143. The van der Waals surface area contributed by atoms with Crippen LogP contribution in [-0.2, 0) is 10.8 Å². The Morgan fingerprint density at radius 3 is 0.646 bits per heavy atom. The molecule has 0 unspecified atom stereocenters. The molecule has 0 aliphatic heterocycles. The molecular weight excluding hydrogens is 2280 g/mol. The third-order valence-corrected chi connectivity index (χ3v) is 33.9. The fourth-order valence-electron chi connectivity index (χ4n) is 25.2. The van der Waals surface area contributed by atoms with E-state index in [-0.39, 0.29) is 82.2 Å². The molecule has 22 aromatic rings. The van der Waals surface area contributed by atoms with Gasteiger partial charge < -0.3 is 17.0 Å². The average molecular weight is 2350 g/mol. The Morgan fingerprint density at radius 1 is 0.163 bits per heavy atom. The summed E-state index contributed by atoms with van der Waals surface area (Å²) >= 11 is 21.7. The van der Waals surface area contributed by atoms with Gasteiger partial charge in [0.1, 0.15) is 0 Å². The van der Waals surface area contributed by atoms with Crippen LogP contribution >= 0.6 is 95.6 Å². The van der Waals surface area contributed by atoms with Crippen LogP contribution < -0.4 is 17.0 Å². The summed E-state index contributed by atoms with van der Waals surface area (Å²) < 4.78 is 5.71. The largest absolute Gasteiger partial charge is 2.00 e. The predicted molar refractivity (Wildman–Crippen MR) is 611 cm³/mol. The third-order valence-electron chi connectivity index (χ3n) is 31.0. The van der Waals surface area contributed by atoms with E-state index in [9.17, 15) is 28.8 Å².